The molecule has 2 rings (SSSR count). The number of aliphatic hydroxyl groups is 1. The van der Waals surface area contributed by atoms with Crippen LogP contribution in [-0.2, 0) is 0 Å². The lowest BCUT2D eigenvalue weighted by Gasteiger charge is -2.15. The standard InChI is InChI=1S/C9H11ClOS2/c10-6-3-5-13-9(6)8(11)7-2-1-4-12-7/h3,5,7-8,11H,1-2,4H2. The van der Waals surface area contributed by atoms with Gasteiger partial charge >= 0.3 is 0 Å². The Morgan fingerprint density at radius 2 is 2.46 bits per heavy atom. The van der Waals surface area contributed by atoms with E-state index in [0.717, 1.165) is 11.3 Å². The van der Waals surface area contributed by atoms with Crippen LogP contribution in [-0.4, -0.2) is 16.1 Å². The normalized spacial score (nSPS) is 24.9. The van der Waals surface area contributed by atoms with Crippen LogP contribution in [0.1, 0.15) is 23.8 Å². The summed E-state index contributed by atoms with van der Waals surface area (Å²) in [6.45, 7) is 0. The Morgan fingerprint density at radius 3 is 3.00 bits per heavy atom. The molecule has 1 aromatic rings. The summed E-state index contributed by atoms with van der Waals surface area (Å²) in [4.78, 5) is 0.932. The molecule has 0 spiro atoms. The molecular formula is C9H11ClOS2. The van der Waals surface area contributed by atoms with Crippen LogP contribution in [0.2, 0.25) is 5.02 Å². The molecular weight excluding hydrogens is 224 g/mol. The van der Waals surface area contributed by atoms with E-state index in [-0.39, 0.29) is 6.10 Å². The van der Waals surface area contributed by atoms with Gasteiger partial charge in [0.1, 0.15) is 6.10 Å². The Labute approximate surface area is 91.1 Å². The lowest BCUT2D eigenvalue weighted by molar-refractivity contribution is 0.177. The molecule has 0 aromatic carbocycles. The number of thioether (sulfide) groups is 1. The molecule has 1 nitrogen and oxygen atoms in total. The number of thiophene rings is 1. The highest BCUT2D eigenvalue weighted by Gasteiger charge is 2.27. The highest BCUT2D eigenvalue weighted by Crippen LogP contribution is 2.40. The van der Waals surface area contributed by atoms with Crippen LogP contribution in [0.25, 0.3) is 0 Å². The maximum atomic E-state index is 10.00. The molecule has 0 bridgehead atoms. The number of aliphatic hydroxyl groups excluding tert-OH is 1. The summed E-state index contributed by atoms with van der Waals surface area (Å²) in [5.74, 6) is 1.17. The summed E-state index contributed by atoms with van der Waals surface area (Å²) in [6, 6.07) is 1.85. The largest absolute Gasteiger partial charge is 0.386 e. The van der Waals surface area contributed by atoms with Gasteiger partial charge in [-0.05, 0) is 30.0 Å². The SMILES string of the molecule is OC(c1sccc1Cl)C1CCCS1. The molecule has 1 fully saturated rings. The molecule has 13 heavy (non-hydrogen) atoms. The first kappa shape index (κ1) is 9.84. The van der Waals surface area contributed by atoms with E-state index in [9.17, 15) is 5.11 Å². The van der Waals surface area contributed by atoms with Crippen LogP contribution in [0.3, 0.4) is 0 Å². The summed E-state index contributed by atoms with van der Waals surface area (Å²) in [5.41, 5.74) is 0. The van der Waals surface area contributed by atoms with E-state index in [1.807, 2.05) is 23.2 Å². The molecule has 4 heteroatoms. The molecule has 1 saturated heterocycles. The smallest absolute Gasteiger partial charge is 0.101 e. The van der Waals surface area contributed by atoms with Gasteiger partial charge in [-0.1, -0.05) is 11.6 Å². The molecule has 0 aliphatic carbocycles. The monoisotopic (exact) mass is 234 g/mol. The average Bonchev–Trinajstić information content (AvgIpc) is 2.72. The molecule has 1 N–H and O–H groups in total. The fraction of sp³-hybridized carbons (Fsp3) is 0.556. The average molecular weight is 235 g/mol. The van der Waals surface area contributed by atoms with E-state index in [0.29, 0.717) is 10.3 Å². The van der Waals surface area contributed by atoms with Crippen LogP contribution in [0.4, 0.5) is 0 Å². The number of halogens is 1. The molecule has 2 atom stereocenters. The van der Waals surface area contributed by atoms with E-state index in [4.69, 9.17) is 11.6 Å². The summed E-state index contributed by atoms with van der Waals surface area (Å²) in [5, 5.41) is 13.0. The first-order valence-corrected chi connectivity index (χ1v) is 6.62. The minimum Gasteiger partial charge on any atom is -0.386 e. The summed E-state index contributed by atoms with van der Waals surface area (Å²) in [6.07, 6.45) is 1.97. The summed E-state index contributed by atoms with van der Waals surface area (Å²) >= 11 is 9.36. The number of rotatable bonds is 2. The van der Waals surface area contributed by atoms with Crippen molar-refractivity contribution < 1.29 is 5.11 Å². The zero-order valence-corrected chi connectivity index (χ0v) is 9.46. The summed E-state index contributed by atoms with van der Waals surface area (Å²) in [7, 11) is 0. The Bertz CT molecular complexity index is 281. The first-order valence-electron chi connectivity index (χ1n) is 4.31. The molecule has 72 valence electrons. The lowest BCUT2D eigenvalue weighted by Crippen LogP contribution is -2.10. The minimum absolute atomic E-state index is 0.358. The quantitative estimate of drug-likeness (QED) is 0.847. The third-order valence-corrected chi connectivity index (χ3v) is 5.11. The van der Waals surface area contributed by atoms with Crippen LogP contribution in [0.5, 0.6) is 0 Å². The van der Waals surface area contributed by atoms with E-state index < -0.39 is 0 Å². The highest BCUT2D eigenvalue weighted by molar-refractivity contribution is 8.00. The molecule has 1 aromatic heterocycles. The molecule has 2 unspecified atom stereocenters. The van der Waals surface area contributed by atoms with Gasteiger partial charge in [0, 0.05) is 5.25 Å². The van der Waals surface area contributed by atoms with E-state index in [1.165, 1.54) is 12.2 Å². The molecule has 0 saturated carbocycles. The van der Waals surface area contributed by atoms with Crippen LogP contribution < -0.4 is 0 Å². The van der Waals surface area contributed by atoms with Gasteiger partial charge in [0.25, 0.3) is 0 Å². The zero-order chi connectivity index (χ0) is 9.26. The molecule has 1 aliphatic rings. The molecule has 0 amide bonds. The van der Waals surface area contributed by atoms with Crippen molar-refractivity contribution in [3.63, 3.8) is 0 Å². The predicted molar refractivity (Wildman–Crippen MR) is 59.8 cm³/mol. The van der Waals surface area contributed by atoms with Crippen molar-refractivity contribution in [2.45, 2.75) is 24.2 Å². The van der Waals surface area contributed by atoms with Gasteiger partial charge in [0.2, 0.25) is 0 Å². The van der Waals surface area contributed by atoms with Gasteiger partial charge in [-0.3, -0.25) is 0 Å². The Kier molecular flexibility index (Phi) is 3.19. The highest BCUT2D eigenvalue weighted by atomic mass is 35.5. The first-order chi connectivity index (χ1) is 6.29. The predicted octanol–water partition coefficient (Wildman–Crippen LogP) is 3.33. The maximum Gasteiger partial charge on any atom is 0.101 e. The van der Waals surface area contributed by atoms with E-state index in [2.05, 4.69) is 0 Å². The number of hydrogen-bond donors (Lipinski definition) is 1. The topological polar surface area (TPSA) is 20.2 Å². The number of hydrogen-bond acceptors (Lipinski definition) is 3. The van der Waals surface area contributed by atoms with Crippen LogP contribution in [0.15, 0.2) is 11.4 Å². The zero-order valence-electron chi connectivity index (χ0n) is 7.07. The third-order valence-electron chi connectivity index (χ3n) is 2.23. The van der Waals surface area contributed by atoms with Crippen molar-refractivity contribution in [3.05, 3.63) is 21.3 Å². The second-order valence-electron chi connectivity index (χ2n) is 3.13. The van der Waals surface area contributed by atoms with Gasteiger partial charge in [-0.25, -0.2) is 0 Å². The fourth-order valence-electron chi connectivity index (χ4n) is 1.54. The molecule has 2 heterocycles. The van der Waals surface area contributed by atoms with E-state index in [1.54, 1.807) is 11.3 Å². The van der Waals surface area contributed by atoms with E-state index >= 15 is 0 Å². The van der Waals surface area contributed by atoms with Crippen molar-refractivity contribution in [2.75, 3.05) is 5.75 Å². The summed E-state index contributed by atoms with van der Waals surface area (Å²) < 4.78 is 0. The van der Waals surface area contributed by atoms with Crippen molar-refractivity contribution >= 4 is 34.7 Å². The minimum atomic E-state index is -0.361. The second-order valence-corrected chi connectivity index (χ2v) is 5.83. The molecule has 1 aliphatic heterocycles. The maximum absolute atomic E-state index is 10.00. The lowest BCUT2D eigenvalue weighted by atomic mass is 10.1. The van der Waals surface area contributed by atoms with Crippen LogP contribution in [0, 0.1) is 0 Å². The fourth-order valence-corrected chi connectivity index (χ4v) is 4.13. The second kappa shape index (κ2) is 4.22. The Morgan fingerprint density at radius 1 is 1.62 bits per heavy atom. The molecule has 0 radical (unpaired) electrons. The Balaban J connectivity index is 2.12. The van der Waals surface area contributed by atoms with Gasteiger partial charge in [0.05, 0.1) is 9.90 Å². The van der Waals surface area contributed by atoms with Gasteiger partial charge in [-0.2, -0.15) is 11.8 Å². The van der Waals surface area contributed by atoms with Crippen molar-refractivity contribution in [3.8, 4) is 0 Å². The third kappa shape index (κ3) is 2.04. The van der Waals surface area contributed by atoms with Crippen molar-refractivity contribution in [1.29, 1.82) is 0 Å². The van der Waals surface area contributed by atoms with Crippen molar-refractivity contribution in [1.82, 2.24) is 0 Å². The van der Waals surface area contributed by atoms with Gasteiger partial charge in [-0.15, -0.1) is 11.3 Å². The van der Waals surface area contributed by atoms with Gasteiger partial charge < -0.3 is 5.11 Å². The van der Waals surface area contributed by atoms with Crippen LogP contribution >= 0.6 is 34.7 Å². The van der Waals surface area contributed by atoms with Gasteiger partial charge in [0.15, 0.2) is 0 Å². The Hall–Kier alpha value is 0.300. The van der Waals surface area contributed by atoms with Crippen molar-refractivity contribution in [2.24, 2.45) is 0 Å².